The summed E-state index contributed by atoms with van der Waals surface area (Å²) in [5, 5.41) is 48.2. The molecule has 0 amide bonds. The Bertz CT molecular complexity index is 1540. The van der Waals surface area contributed by atoms with Crippen LogP contribution in [0.1, 0.15) is 48.3 Å². The van der Waals surface area contributed by atoms with Gasteiger partial charge in [-0.25, -0.2) is 9.59 Å². The van der Waals surface area contributed by atoms with E-state index < -0.39 is 24.1 Å². The topological polar surface area (TPSA) is 158 Å². The van der Waals surface area contributed by atoms with Gasteiger partial charge in [0.1, 0.15) is 23.0 Å². The minimum Gasteiger partial charge on any atom is -0.508 e. The first-order chi connectivity index (χ1) is 23.0. The van der Waals surface area contributed by atoms with E-state index in [1.165, 1.54) is 36.4 Å². The van der Waals surface area contributed by atoms with Crippen molar-refractivity contribution in [3.8, 4) is 23.0 Å². The monoisotopic (exact) mass is 654 g/mol. The lowest BCUT2D eigenvalue weighted by Crippen LogP contribution is -2.32. The van der Waals surface area contributed by atoms with Crippen molar-refractivity contribution in [2.45, 2.75) is 51.0 Å². The van der Waals surface area contributed by atoms with Crippen LogP contribution in [0.2, 0.25) is 0 Å². The van der Waals surface area contributed by atoms with Crippen LogP contribution in [0.3, 0.4) is 0 Å². The summed E-state index contributed by atoms with van der Waals surface area (Å²) in [5.41, 5.74) is 2.99. The molecule has 0 heterocycles. The van der Waals surface area contributed by atoms with Crippen molar-refractivity contribution in [3.63, 3.8) is 0 Å². The van der Waals surface area contributed by atoms with Gasteiger partial charge in [-0.3, -0.25) is 0 Å². The quantitative estimate of drug-likeness (QED) is 0.0570. The normalized spacial score (nSPS) is 13.8. The Morgan fingerprint density at radius 1 is 0.625 bits per heavy atom. The Morgan fingerprint density at radius 2 is 1.00 bits per heavy atom. The molecule has 4 atom stereocenters. The maximum absolute atomic E-state index is 12.4. The lowest BCUT2D eigenvalue weighted by molar-refractivity contribution is -0.131. The zero-order valence-electron chi connectivity index (χ0n) is 27.0. The first-order valence-electron chi connectivity index (χ1n) is 15.7. The van der Waals surface area contributed by atoms with Gasteiger partial charge in [0, 0.05) is 49.5 Å². The van der Waals surface area contributed by atoms with Gasteiger partial charge in [0.2, 0.25) is 0 Å². The van der Waals surface area contributed by atoms with E-state index in [-0.39, 0.29) is 48.2 Å². The molecule has 4 rings (SSSR count). The molecule has 0 radical (unpaired) electrons. The molecule has 4 aromatic rings. The molecule has 48 heavy (non-hydrogen) atoms. The number of nitrogens with one attached hydrogen (secondary N) is 2. The number of aliphatic hydroxyl groups is 2. The first-order valence-corrected chi connectivity index (χ1v) is 15.7. The first kappa shape index (κ1) is 35.8. The highest BCUT2D eigenvalue weighted by Gasteiger charge is 2.16. The van der Waals surface area contributed by atoms with Gasteiger partial charge < -0.3 is 40.5 Å². The molecule has 4 unspecified atom stereocenters. The van der Waals surface area contributed by atoms with E-state index in [1.807, 2.05) is 74.5 Å². The lowest BCUT2D eigenvalue weighted by Gasteiger charge is -2.18. The second-order valence-electron chi connectivity index (χ2n) is 11.7. The zero-order valence-corrected chi connectivity index (χ0v) is 27.0. The predicted octanol–water partition coefficient (Wildman–Crippen LogP) is 4.67. The third-order valence-electron chi connectivity index (χ3n) is 7.48. The molecule has 0 saturated heterocycles. The van der Waals surface area contributed by atoms with Crippen molar-refractivity contribution in [2.75, 3.05) is 13.1 Å². The highest BCUT2D eigenvalue weighted by atomic mass is 16.5. The van der Waals surface area contributed by atoms with E-state index in [4.69, 9.17) is 9.47 Å². The fraction of sp³-hybridized carbons (Fsp3) is 0.263. The van der Waals surface area contributed by atoms with E-state index in [1.54, 1.807) is 0 Å². The molecule has 0 spiro atoms. The second kappa shape index (κ2) is 17.8. The summed E-state index contributed by atoms with van der Waals surface area (Å²) in [7, 11) is 0. The molecular formula is C38H42N2O8. The van der Waals surface area contributed by atoms with E-state index in [0.29, 0.717) is 11.1 Å². The third kappa shape index (κ3) is 12.0. The van der Waals surface area contributed by atoms with Gasteiger partial charge >= 0.3 is 11.9 Å². The number of carbonyl (C=O) groups excluding carboxylic acids is 2. The molecule has 10 nitrogen and oxygen atoms in total. The standard InChI is InChI=1S/C38H42N2O8/c1-25(15-27-9-5-3-6-10-27)39-23-35(43)29-17-31(41)21-33(19-29)47-37(45)13-14-38(46)48-34-20-30(18-32(42)22-34)36(44)24-40-26(2)16-28-11-7-4-8-12-28/h3-14,17-22,25-26,35-36,39-44H,15-16,23-24H2,1-2H3/b14-13+. The number of rotatable bonds is 16. The molecular weight excluding hydrogens is 612 g/mol. The van der Waals surface area contributed by atoms with Gasteiger partial charge in [0.05, 0.1) is 12.2 Å². The Labute approximate surface area is 280 Å². The minimum absolute atomic E-state index is 0.0253. The molecule has 0 aliphatic carbocycles. The second-order valence-corrected chi connectivity index (χ2v) is 11.7. The van der Waals surface area contributed by atoms with E-state index in [2.05, 4.69) is 10.6 Å². The molecule has 4 aromatic carbocycles. The number of benzene rings is 4. The van der Waals surface area contributed by atoms with Crippen LogP contribution in [0.5, 0.6) is 23.0 Å². The maximum Gasteiger partial charge on any atom is 0.336 e. The molecule has 0 bridgehead atoms. The molecule has 10 heteroatoms. The predicted molar refractivity (Wildman–Crippen MR) is 182 cm³/mol. The van der Waals surface area contributed by atoms with Gasteiger partial charge in [0.25, 0.3) is 0 Å². The highest BCUT2D eigenvalue weighted by Crippen LogP contribution is 2.27. The Morgan fingerprint density at radius 3 is 1.38 bits per heavy atom. The van der Waals surface area contributed by atoms with Crippen molar-refractivity contribution < 1.29 is 39.5 Å². The lowest BCUT2D eigenvalue weighted by atomic mass is 10.1. The van der Waals surface area contributed by atoms with Crippen LogP contribution < -0.4 is 20.1 Å². The van der Waals surface area contributed by atoms with Crippen LogP contribution in [0.25, 0.3) is 0 Å². The van der Waals surface area contributed by atoms with Crippen LogP contribution in [0.4, 0.5) is 0 Å². The number of esters is 2. The maximum atomic E-state index is 12.4. The summed E-state index contributed by atoms with van der Waals surface area (Å²) in [6.45, 7) is 4.41. The molecule has 0 saturated carbocycles. The average Bonchev–Trinajstić information content (AvgIpc) is 3.05. The van der Waals surface area contributed by atoms with Crippen molar-refractivity contribution in [3.05, 3.63) is 131 Å². The number of aromatic hydroxyl groups is 2. The van der Waals surface area contributed by atoms with Crippen LogP contribution in [-0.4, -0.2) is 57.5 Å². The van der Waals surface area contributed by atoms with Crippen LogP contribution in [-0.2, 0) is 22.4 Å². The zero-order chi connectivity index (χ0) is 34.5. The van der Waals surface area contributed by atoms with Crippen molar-refractivity contribution in [1.82, 2.24) is 10.6 Å². The van der Waals surface area contributed by atoms with Crippen molar-refractivity contribution in [2.24, 2.45) is 0 Å². The Hall–Kier alpha value is -5.00. The molecule has 252 valence electrons. The third-order valence-corrected chi connectivity index (χ3v) is 7.48. The summed E-state index contributed by atoms with van der Waals surface area (Å²) >= 11 is 0. The Balaban J connectivity index is 1.26. The summed E-state index contributed by atoms with van der Waals surface area (Å²) in [6.07, 6.45) is 1.27. The molecule has 0 aromatic heterocycles. The van der Waals surface area contributed by atoms with Gasteiger partial charge in [0.15, 0.2) is 0 Å². The Kier molecular flexibility index (Phi) is 13.3. The number of hydrogen-bond acceptors (Lipinski definition) is 10. The van der Waals surface area contributed by atoms with Crippen LogP contribution >= 0.6 is 0 Å². The van der Waals surface area contributed by atoms with E-state index >= 15 is 0 Å². The van der Waals surface area contributed by atoms with Crippen LogP contribution in [0.15, 0.2) is 109 Å². The highest BCUT2D eigenvalue weighted by molar-refractivity contribution is 5.93. The summed E-state index contributed by atoms with van der Waals surface area (Å²) in [5.74, 6) is -2.31. The van der Waals surface area contributed by atoms with Crippen molar-refractivity contribution >= 4 is 11.9 Å². The molecule has 0 fully saturated rings. The number of carbonyl (C=O) groups is 2. The molecule has 0 aliphatic heterocycles. The number of phenolic OH excluding ortho intramolecular Hbond substituents is 2. The number of ether oxygens (including phenoxy) is 2. The van der Waals surface area contributed by atoms with E-state index in [0.717, 1.165) is 36.1 Å². The summed E-state index contributed by atoms with van der Waals surface area (Å²) in [4.78, 5) is 24.9. The van der Waals surface area contributed by atoms with Crippen molar-refractivity contribution in [1.29, 1.82) is 0 Å². The number of phenols is 2. The molecule has 0 aliphatic rings. The largest absolute Gasteiger partial charge is 0.508 e. The van der Waals surface area contributed by atoms with Gasteiger partial charge in [-0.2, -0.15) is 0 Å². The van der Waals surface area contributed by atoms with Gasteiger partial charge in [-0.05, 0) is 73.2 Å². The smallest absolute Gasteiger partial charge is 0.336 e. The number of hydrogen-bond donors (Lipinski definition) is 6. The summed E-state index contributed by atoms with van der Waals surface area (Å²) < 4.78 is 10.5. The van der Waals surface area contributed by atoms with Gasteiger partial charge in [-0.1, -0.05) is 60.7 Å². The number of aliphatic hydroxyl groups excluding tert-OH is 2. The van der Waals surface area contributed by atoms with E-state index in [9.17, 15) is 30.0 Å². The minimum atomic E-state index is -0.988. The SMILES string of the molecule is CC(Cc1ccccc1)NCC(O)c1cc(O)cc(OC(=O)/C=C/C(=O)Oc2cc(O)cc(C(O)CNC(C)Cc3ccccc3)c2)c1. The van der Waals surface area contributed by atoms with Gasteiger partial charge in [-0.15, -0.1) is 0 Å². The fourth-order valence-electron chi connectivity index (χ4n) is 5.09. The molecule has 6 N–H and O–H groups in total. The fourth-order valence-corrected chi connectivity index (χ4v) is 5.09. The van der Waals surface area contributed by atoms with Crippen LogP contribution in [0, 0.1) is 0 Å². The summed E-state index contributed by atoms with van der Waals surface area (Å²) in [6, 6.07) is 28.1. The average molecular weight is 655 g/mol.